The summed E-state index contributed by atoms with van der Waals surface area (Å²) in [5.41, 5.74) is 4.31. The third kappa shape index (κ3) is 4.64. The molecule has 7 nitrogen and oxygen atoms in total. The Labute approximate surface area is 151 Å². The lowest BCUT2D eigenvalue weighted by molar-refractivity contribution is 0.601. The number of hydrazone groups is 1. The predicted molar refractivity (Wildman–Crippen MR) is 102 cm³/mol. The van der Waals surface area contributed by atoms with Gasteiger partial charge in [-0.15, -0.1) is 0 Å². The van der Waals surface area contributed by atoms with Gasteiger partial charge in [0.25, 0.3) is 10.0 Å². The van der Waals surface area contributed by atoms with Gasteiger partial charge in [0.2, 0.25) is 5.95 Å². The van der Waals surface area contributed by atoms with Crippen molar-refractivity contribution in [2.45, 2.75) is 11.8 Å². The van der Waals surface area contributed by atoms with Gasteiger partial charge in [0.05, 0.1) is 11.1 Å². The molecule has 26 heavy (non-hydrogen) atoms. The molecule has 1 aromatic heterocycles. The van der Waals surface area contributed by atoms with Crippen LogP contribution in [0.15, 0.2) is 76.7 Å². The molecule has 0 aliphatic rings. The van der Waals surface area contributed by atoms with Crippen LogP contribution >= 0.6 is 0 Å². The van der Waals surface area contributed by atoms with E-state index in [0.29, 0.717) is 11.5 Å². The fraction of sp³-hybridized carbons (Fsp3) is 0.0556. The van der Waals surface area contributed by atoms with Crippen LogP contribution in [0.4, 0.5) is 11.8 Å². The van der Waals surface area contributed by atoms with E-state index in [1.807, 2.05) is 30.3 Å². The first-order chi connectivity index (χ1) is 12.5. The van der Waals surface area contributed by atoms with E-state index >= 15 is 0 Å². The summed E-state index contributed by atoms with van der Waals surface area (Å²) in [6.45, 7) is 1.74. The van der Waals surface area contributed by atoms with Crippen LogP contribution in [-0.2, 0) is 10.0 Å². The molecule has 0 radical (unpaired) electrons. The molecule has 0 aliphatic heterocycles. The Morgan fingerprint density at radius 1 is 0.962 bits per heavy atom. The van der Waals surface area contributed by atoms with Crippen LogP contribution in [0.2, 0.25) is 0 Å². The van der Waals surface area contributed by atoms with Gasteiger partial charge in [-0.3, -0.25) is 5.43 Å². The highest BCUT2D eigenvalue weighted by atomic mass is 32.2. The fourth-order valence-corrected chi connectivity index (χ4v) is 3.13. The summed E-state index contributed by atoms with van der Waals surface area (Å²) < 4.78 is 27.1. The van der Waals surface area contributed by atoms with Crippen molar-refractivity contribution in [1.29, 1.82) is 0 Å². The Morgan fingerprint density at radius 3 is 2.31 bits per heavy atom. The number of nitrogens with zero attached hydrogens (tertiary/aromatic N) is 3. The maximum Gasteiger partial charge on any atom is 0.264 e. The Balaban J connectivity index is 1.76. The van der Waals surface area contributed by atoms with E-state index in [9.17, 15) is 8.42 Å². The minimum absolute atomic E-state index is 0.0220. The molecular formula is C18H17N5O2S. The largest absolute Gasteiger partial charge is 0.264 e. The first kappa shape index (κ1) is 17.6. The molecule has 8 heteroatoms. The highest BCUT2D eigenvalue weighted by Crippen LogP contribution is 2.15. The van der Waals surface area contributed by atoms with E-state index in [2.05, 4.69) is 25.2 Å². The molecule has 0 spiro atoms. The van der Waals surface area contributed by atoms with Gasteiger partial charge in [0, 0.05) is 11.8 Å². The summed E-state index contributed by atoms with van der Waals surface area (Å²) in [5.74, 6) is 0.363. The van der Waals surface area contributed by atoms with Crippen LogP contribution in [0.1, 0.15) is 11.3 Å². The molecule has 0 bridgehead atoms. The van der Waals surface area contributed by atoms with E-state index < -0.39 is 10.0 Å². The number of hydrogen-bond donors (Lipinski definition) is 2. The summed E-state index contributed by atoms with van der Waals surface area (Å²) in [4.78, 5) is 8.41. The standard InChI is InChI=1S/C18H17N5O2S/c1-14-12-17(22-19-13-15-8-4-2-5-9-15)21-18(20-14)23-26(24,25)16-10-6-3-7-11-16/h2-13H,1H3,(H2,20,21,22,23). The maximum absolute atomic E-state index is 12.4. The fourth-order valence-electron chi connectivity index (χ4n) is 2.16. The number of hydrogen-bond acceptors (Lipinski definition) is 6. The van der Waals surface area contributed by atoms with Gasteiger partial charge >= 0.3 is 0 Å². The zero-order valence-electron chi connectivity index (χ0n) is 14.0. The van der Waals surface area contributed by atoms with Crippen molar-refractivity contribution in [2.75, 3.05) is 10.1 Å². The van der Waals surface area contributed by atoms with E-state index in [-0.39, 0.29) is 10.8 Å². The van der Waals surface area contributed by atoms with Gasteiger partial charge in [-0.05, 0) is 24.6 Å². The highest BCUT2D eigenvalue weighted by Gasteiger charge is 2.15. The third-order valence-electron chi connectivity index (χ3n) is 3.33. The number of nitrogens with one attached hydrogen (secondary N) is 2. The van der Waals surface area contributed by atoms with Gasteiger partial charge < -0.3 is 0 Å². The zero-order chi connectivity index (χ0) is 18.4. The molecule has 3 rings (SSSR count). The number of rotatable bonds is 6. The molecule has 0 atom stereocenters. The van der Waals surface area contributed by atoms with Crippen LogP contribution in [0.25, 0.3) is 0 Å². The lowest BCUT2D eigenvalue weighted by atomic mass is 10.2. The maximum atomic E-state index is 12.4. The first-order valence-electron chi connectivity index (χ1n) is 7.81. The van der Waals surface area contributed by atoms with Crippen LogP contribution in [0.3, 0.4) is 0 Å². The Bertz CT molecular complexity index is 1010. The first-order valence-corrected chi connectivity index (χ1v) is 9.29. The summed E-state index contributed by atoms with van der Waals surface area (Å²) in [6.07, 6.45) is 1.64. The van der Waals surface area contributed by atoms with E-state index in [0.717, 1.165) is 5.56 Å². The van der Waals surface area contributed by atoms with Crippen molar-refractivity contribution < 1.29 is 8.42 Å². The number of aromatic nitrogens is 2. The molecule has 132 valence electrons. The summed E-state index contributed by atoms with van der Waals surface area (Å²) in [7, 11) is -3.75. The third-order valence-corrected chi connectivity index (χ3v) is 4.67. The van der Waals surface area contributed by atoms with Crippen LogP contribution in [0, 0.1) is 6.92 Å². The Kier molecular flexibility index (Phi) is 5.23. The summed E-state index contributed by atoms with van der Waals surface area (Å²) >= 11 is 0. The van der Waals surface area contributed by atoms with Crippen molar-refractivity contribution in [3.63, 3.8) is 0 Å². The van der Waals surface area contributed by atoms with Crippen molar-refractivity contribution in [3.8, 4) is 0 Å². The number of sulfonamides is 1. The molecule has 0 unspecified atom stereocenters. The smallest absolute Gasteiger partial charge is 0.261 e. The molecule has 2 N–H and O–H groups in total. The SMILES string of the molecule is Cc1cc(NN=Cc2ccccc2)nc(NS(=O)(=O)c2ccccc2)n1. The molecule has 3 aromatic rings. The Morgan fingerprint density at radius 2 is 1.62 bits per heavy atom. The van der Waals surface area contributed by atoms with Crippen LogP contribution in [-0.4, -0.2) is 24.6 Å². The molecule has 0 fully saturated rings. The average molecular weight is 367 g/mol. The van der Waals surface area contributed by atoms with Crippen molar-refractivity contribution in [3.05, 3.63) is 78.0 Å². The van der Waals surface area contributed by atoms with E-state index in [4.69, 9.17) is 0 Å². The lowest BCUT2D eigenvalue weighted by Crippen LogP contribution is -2.15. The van der Waals surface area contributed by atoms with Crippen molar-refractivity contribution in [1.82, 2.24) is 9.97 Å². The van der Waals surface area contributed by atoms with Crippen molar-refractivity contribution in [2.24, 2.45) is 5.10 Å². The van der Waals surface area contributed by atoms with Gasteiger partial charge in [0.15, 0.2) is 5.82 Å². The van der Waals surface area contributed by atoms with Gasteiger partial charge in [0.1, 0.15) is 0 Å². The lowest BCUT2D eigenvalue weighted by Gasteiger charge is -2.08. The van der Waals surface area contributed by atoms with Crippen molar-refractivity contribution >= 4 is 28.0 Å². The molecule has 2 aromatic carbocycles. The monoisotopic (exact) mass is 367 g/mol. The second-order valence-electron chi connectivity index (χ2n) is 5.42. The number of anilines is 2. The molecule has 0 saturated heterocycles. The van der Waals surface area contributed by atoms with Gasteiger partial charge in [-0.1, -0.05) is 48.5 Å². The average Bonchev–Trinajstić information content (AvgIpc) is 2.62. The van der Waals surface area contributed by atoms with Gasteiger partial charge in [-0.25, -0.2) is 18.1 Å². The molecule has 1 heterocycles. The van der Waals surface area contributed by atoms with E-state index in [1.54, 1.807) is 37.4 Å². The molecule has 0 saturated carbocycles. The summed E-state index contributed by atoms with van der Waals surface area (Å²) in [5, 5.41) is 4.11. The second kappa shape index (κ2) is 7.75. The molecular weight excluding hydrogens is 350 g/mol. The topological polar surface area (TPSA) is 96.3 Å². The Hall–Kier alpha value is -3.26. The number of aryl methyl sites for hydroxylation is 1. The van der Waals surface area contributed by atoms with Crippen LogP contribution in [0.5, 0.6) is 0 Å². The van der Waals surface area contributed by atoms with Gasteiger partial charge in [-0.2, -0.15) is 10.1 Å². The molecule has 0 amide bonds. The zero-order valence-corrected chi connectivity index (χ0v) is 14.8. The second-order valence-corrected chi connectivity index (χ2v) is 7.10. The van der Waals surface area contributed by atoms with Crippen LogP contribution < -0.4 is 10.1 Å². The molecule has 0 aliphatic carbocycles. The minimum Gasteiger partial charge on any atom is -0.261 e. The quantitative estimate of drug-likeness (QED) is 0.516. The van der Waals surface area contributed by atoms with E-state index in [1.165, 1.54) is 12.1 Å². The number of benzene rings is 2. The predicted octanol–water partition coefficient (Wildman–Crippen LogP) is 3.03. The normalized spacial score (nSPS) is 11.4. The summed E-state index contributed by atoms with van der Waals surface area (Å²) in [6, 6.07) is 19.3. The minimum atomic E-state index is -3.75. The highest BCUT2D eigenvalue weighted by molar-refractivity contribution is 7.92.